The summed E-state index contributed by atoms with van der Waals surface area (Å²) in [5, 5.41) is 9.61. The number of aromatic nitrogens is 1. The molecule has 6 heteroatoms. The van der Waals surface area contributed by atoms with Crippen LogP contribution >= 0.6 is 0 Å². The van der Waals surface area contributed by atoms with Crippen molar-refractivity contribution >= 4 is 5.91 Å². The van der Waals surface area contributed by atoms with Gasteiger partial charge >= 0.3 is 0 Å². The average Bonchev–Trinajstić information content (AvgIpc) is 2.62. The smallest absolute Gasteiger partial charge is 0.250 e. The Morgan fingerprint density at radius 1 is 1.50 bits per heavy atom. The van der Waals surface area contributed by atoms with E-state index in [1.807, 2.05) is 13.0 Å². The highest BCUT2D eigenvalue weighted by Gasteiger charge is 2.20. The number of aliphatic hydroxyl groups excluding tert-OH is 1. The molecule has 110 valence electrons. The molecular formula is C14H20N2O4. The van der Waals surface area contributed by atoms with Gasteiger partial charge in [0.05, 0.1) is 19.3 Å². The van der Waals surface area contributed by atoms with Crippen molar-refractivity contribution in [1.82, 2.24) is 9.47 Å². The van der Waals surface area contributed by atoms with Crippen molar-refractivity contribution in [1.29, 1.82) is 0 Å². The molecule has 0 saturated carbocycles. The molecule has 2 rings (SSSR count). The van der Waals surface area contributed by atoms with Gasteiger partial charge in [-0.3, -0.25) is 9.59 Å². The minimum absolute atomic E-state index is 0.0651. The highest BCUT2D eigenvalue weighted by Crippen LogP contribution is 2.04. The van der Waals surface area contributed by atoms with E-state index < -0.39 is 6.10 Å². The highest BCUT2D eigenvalue weighted by atomic mass is 16.5. The van der Waals surface area contributed by atoms with E-state index in [4.69, 9.17) is 4.74 Å². The summed E-state index contributed by atoms with van der Waals surface area (Å²) in [6, 6.07) is 5.04. The summed E-state index contributed by atoms with van der Waals surface area (Å²) in [4.78, 5) is 25.4. The quantitative estimate of drug-likeness (QED) is 0.830. The molecule has 0 radical (unpaired) electrons. The second-order valence-corrected chi connectivity index (χ2v) is 4.98. The Morgan fingerprint density at radius 3 is 3.05 bits per heavy atom. The number of aryl methyl sites for hydroxylation is 1. The number of β-amino-alcohol motifs (C(OH)–C–C–N with tert-alkyl or cyclic N) is 1. The number of nitrogens with zero attached hydrogens (tertiary/aromatic N) is 2. The summed E-state index contributed by atoms with van der Waals surface area (Å²) in [6.07, 6.45) is -0.389. The van der Waals surface area contributed by atoms with Crippen molar-refractivity contribution < 1.29 is 14.6 Å². The van der Waals surface area contributed by atoms with E-state index in [1.165, 1.54) is 6.07 Å². The molecule has 1 atom stereocenters. The third-order valence-corrected chi connectivity index (χ3v) is 3.42. The Morgan fingerprint density at radius 2 is 2.30 bits per heavy atom. The van der Waals surface area contributed by atoms with Crippen molar-refractivity contribution in [3.63, 3.8) is 0 Å². The summed E-state index contributed by atoms with van der Waals surface area (Å²) < 4.78 is 6.78. The van der Waals surface area contributed by atoms with Gasteiger partial charge in [0.25, 0.3) is 5.56 Å². The topological polar surface area (TPSA) is 71.8 Å². The first-order chi connectivity index (χ1) is 9.58. The zero-order chi connectivity index (χ0) is 14.5. The number of rotatable bonds is 3. The predicted molar refractivity (Wildman–Crippen MR) is 73.5 cm³/mol. The third-order valence-electron chi connectivity index (χ3n) is 3.42. The van der Waals surface area contributed by atoms with Gasteiger partial charge in [0.15, 0.2) is 0 Å². The first kappa shape index (κ1) is 14.7. The fraction of sp³-hybridized carbons (Fsp3) is 0.571. The molecule has 1 amide bonds. The van der Waals surface area contributed by atoms with Crippen LogP contribution < -0.4 is 5.56 Å². The number of pyridine rings is 1. The SMILES string of the molecule is Cc1cccc(=O)n1CCC(=O)N1CCOC[C@@H](O)C1. The number of aliphatic hydroxyl groups is 1. The lowest BCUT2D eigenvalue weighted by Gasteiger charge is -2.21. The Hall–Kier alpha value is -1.66. The fourth-order valence-electron chi connectivity index (χ4n) is 2.29. The van der Waals surface area contributed by atoms with E-state index in [0.717, 1.165) is 5.69 Å². The minimum atomic E-state index is -0.636. The van der Waals surface area contributed by atoms with Crippen LogP contribution in [0.2, 0.25) is 0 Å². The van der Waals surface area contributed by atoms with Crippen LogP contribution in [-0.2, 0) is 16.1 Å². The highest BCUT2D eigenvalue weighted by molar-refractivity contribution is 5.76. The van der Waals surface area contributed by atoms with Crippen LogP contribution in [0.15, 0.2) is 23.0 Å². The molecule has 0 bridgehead atoms. The molecule has 1 aromatic heterocycles. The second-order valence-electron chi connectivity index (χ2n) is 4.98. The Labute approximate surface area is 117 Å². The van der Waals surface area contributed by atoms with Gasteiger partial charge in [-0.1, -0.05) is 6.07 Å². The van der Waals surface area contributed by atoms with E-state index in [0.29, 0.717) is 26.2 Å². The van der Waals surface area contributed by atoms with Crippen molar-refractivity contribution in [2.75, 3.05) is 26.3 Å². The number of hydrogen-bond acceptors (Lipinski definition) is 4. The third kappa shape index (κ3) is 3.68. The molecule has 1 aliphatic heterocycles. The summed E-state index contributed by atoms with van der Waals surface area (Å²) >= 11 is 0. The van der Waals surface area contributed by atoms with Gasteiger partial charge in [-0.2, -0.15) is 0 Å². The van der Waals surface area contributed by atoms with Crippen LogP contribution in [0.25, 0.3) is 0 Å². The number of hydrogen-bond donors (Lipinski definition) is 1. The molecule has 0 unspecified atom stereocenters. The van der Waals surface area contributed by atoms with Crippen LogP contribution in [-0.4, -0.2) is 52.9 Å². The molecule has 1 aliphatic rings. The Bertz CT molecular complexity index is 526. The summed E-state index contributed by atoms with van der Waals surface area (Å²) in [7, 11) is 0. The van der Waals surface area contributed by atoms with Crippen LogP contribution in [0.4, 0.5) is 0 Å². The van der Waals surface area contributed by atoms with Crippen LogP contribution in [0, 0.1) is 6.92 Å². The number of carbonyl (C=O) groups excluding carboxylic acids is 1. The van der Waals surface area contributed by atoms with E-state index >= 15 is 0 Å². The molecule has 20 heavy (non-hydrogen) atoms. The molecule has 1 fully saturated rings. The van der Waals surface area contributed by atoms with E-state index in [1.54, 1.807) is 15.5 Å². The van der Waals surface area contributed by atoms with Crippen molar-refractivity contribution in [2.45, 2.75) is 26.0 Å². The molecule has 1 aromatic rings. The van der Waals surface area contributed by atoms with Crippen molar-refractivity contribution in [2.24, 2.45) is 0 Å². The molecule has 1 saturated heterocycles. The van der Waals surface area contributed by atoms with Crippen molar-refractivity contribution in [3.05, 3.63) is 34.2 Å². The zero-order valence-corrected chi connectivity index (χ0v) is 11.6. The number of amides is 1. The lowest BCUT2D eigenvalue weighted by atomic mass is 10.3. The van der Waals surface area contributed by atoms with Gasteiger partial charge in [0.2, 0.25) is 5.91 Å². The predicted octanol–water partition coefficient (Wildman–Crippen LogP) is -0.233. The van der Waals surface area contributed by atoms with Gasteiger partial charge in [-0.15, -0.1) is 0 Å². The monoisotopic (exact) mass is 280 g/mol. The van der Waals surface area contributed by atoms with Crippen molar-refractivity contribution in [3.8, 4) is 0 Å². The van der Waals surface area contributed by atoms with Gasteiger partial charge in [0, 0.05) is 37.8 Å². The van der Waals surface area contributed by atoms with Gasteiger partial charge < -0.3 is 19.3 Å². The average molecular weight is 280 g/mol. The lowest BCUT2D eigenvalue weighted by Crippen LogP contribution is -2.38. The summed E-state index contributed by atoms with van der Waals surface area (Å²) in [5.74, 6) is -0.0651. The first-order valence-corrected chi connectivity index (χ1v) is 6.78. The fourth-order valence-corrected chi connectivity index (χ4v) is 2.29. The largest absolute Gasteiger partial charge is 0.389 e. The molecule has 2 heterocycles. The second kappa shape index (κ2) is 6.67. The van der Waals surface area contributed by atoms with E-state index in [-0.39, 0.29) is 24.5 Å². The molecule has 6 nitrogen and oxygen atoms in total. The van der Waals surface area contributed by atoms with Gasteiger partial charge in [-0.25, -0.2) is 0 Å². The normalized spacial score (nSPS) is 19.7. The van der Waals surface area contributed by atoms with Crippen LogP contribution in [0.1, 0.15) is 12.1 Å². The van der Waals surface area contributed by atoms with E-state index in [9.17, 15) is 14.7 Å². The van der Waals surface area contributed by atoms with Gasteiger partial charge in [0.1, 0.15) is 0 Å². The first-order valence-electron chi connectivity index (χ1n) is 6.78. The number of ether oxygens (including phenoxy) is 1. The summed E-state index contributed by atoms with van der Waals surface area (Å²) in [6.45, 7) is 3.68. The lowest BCUT2D eigenvalue weighted by molar-refractivity contribution is -0.132. The molecule has 0 spiro atoms. The van der Waals surface area contributed by atoms with Crippen LogP contribution in [0.3, 0.4) is 0 Å². The molecule has 0 aliphatic carbocycles. The Kier molecular flexibility index (Phi) is 4.92. The molecule has 0 aromatic carbocycles. The molecular weight excluding hydrogens is 260 g/mol. The van der Waals surface area contributed by atoms with Gasteiger partial charge in [-0.05, 0) is 13.0 Å². The van der Waals surface area contributed by atoms with E-state index in [2.05, 4.69) is 0 Å². The maximum absolute atomic E-state index is 12.1. The van der Waals surface area contributed by atoms with Crippen LogP contribution in [0.5, 0.6) is 0 Å². The standard InChI is InChI=1S/C14H20N2O4/c1-11-3-2-4-14(19)16(11)6-5-13(18)15-7-8-20-10-12(17)9-15/h2-4,12,17H,5-10H2,1H3/t12-/m0/s1. The minimum Gasteiger partial charge on any atom is -0.389 e. The maximum atomic E-state index is 12.1. The maximum Gasteiger partial charge on any atom is 0.250 e. The Balaban J connectivity index is 1.96. The summed E-state index contributed by atoms with van der Waals surface area (Å²) in [5.41, 5.74) is 0.738. The zero-order valence-electron chi connectivity index (χ0n) is 11.6. The molecule has 1 N–H and O–H groups in total. The number of carbonyl (C=O) groups is 1.